The van der Waals surface area contributed by atoms with Gasteiger partial charge in [0.15, 0.2) is 0 Å². The molecule has 2 aromatic rings. The van der Waals surface area contributed by atoms with Gasteiger partial charge in [-0.15, -0.1) is 0 Å². The van der Waals surface area contributed by atoms with Gasteiger partial charge in [0.05, 0.1) is 12.2 Å². The Morgan fingerprint density at radius 3 is 2.67 bits per heavy atom. The molecule has 3 rings (SSSR count). The lowest BCUT2D eigenvalue weighted by molar-refractivity contribution is -0.0411. The minimum atomic E-state index is -0.326. The van der Waals surface area contributed by atoms with Gasteiger partial charge in [-0.3, -0.25) is 4.79 Å². The number of rotatable bonds is 1. The molecule has 0 atom stereocenters. The average molecular weight is 280 g/mol. The highest BCUT2D eigenvalue weighted by atomic mass is 16.5. The van der Waals surface area contributed by atoms with Gasteiger partial charge in [0.2, 0.25) is 0 Å². The van der Waals surface area contributed by atoms with Crippen LogP contribution in [0.1, 0.15) is 30.7 Å². The lowest BCUT2D eigenvalue weighted by Crippen LogP contribution is -2.35. The summed E-state index contributed by atoms with van der Waals surface area (Å²) >= 11 is 0. The molecule has 0 unspecified atom stereocenters. The van der Waals surface area contributed by atoms with E-state index in [0.717, 1.165) is 16.8 Å². The summed E-state index contributed by atoms with van der Waals surface area (Å²) in [5, 5.41) is 9.35. The topological polar surface area (TPSA) is 65.9 Å². The maximum atomic E-state index is 12.2. The third-order valence-electron chi connectivity index (χ3n) is 3.79. The molecule has 1 N–H and O–H groups in total. The fourth-order valence-electron chi connectivity index (χ4n) is 2.77. The standard InChI is InChI=1S/C17H16N2O2/c1-17(2)8-14-13(10-21-17)15(11-6-4-3-5-7-11)12(9-18)16(20)19-14/h3-7H,8,10H2,1-2H3,(H,19,20). The van der Waals surface area contributed by atoms with Gasteiger partial charge in [-0.2, -0.15) is 5.26 Å². The Morgan fingerprint density at radius 1 is 1.29 bits per heavy atom. The number of nitriles is 1. The molecular formula is C17H16N2O2. The Hall–Kier alpha value is -2.38. The third-order valence-corrected chi connectivity index (χ3v) is 3.79. The van der Waals surface area contributed by atoms with Crippen molar-refractivity contribution in [3.63, 3.8) is 0 Å². The largest absolute Gasteiger partial charge is 0.370 e. The molecular weight excluding hydrogens is 264 g/mol. The number of fused-ring (bicyclic) bond motifs is 1. The van der Waals surface area contributed by atoms with Crippen LogP contribution in [0.3, 0.4) is 0 Å². The number of aromatic amines is 1. The van der Waals surface area contributed by atoms with E-state index in [1.807, 2.05) is 50.2 Å². The molecule has 0 amide bonds. The van der Waals surface area contributed by atoms with Crippen molar-refractivity contribution < 1.29 is 4.74 Å². The molecule has 1 aromatic carbocycles. The lowest BCUT2D eigenvalue weighted by atomic mass is 9.89. The molecule has 0 aliphatic carbocycles. The van der Waals surface area contributed by atoms with Gasteiger partial charge < -0.3 is 9.72 Å². The van der Waals surface area contributed by atoms with Crippen molar-refractivity contribution in [1.29, 1.82) is 5.26 Å². The second kappa shape index (κ2) is 4.87. The molecule has 2 heterocycles. The Kier molecular flexibility index (Phi) is 3.15. The molecule has 21 heavy (non-hydrogen) atoms. The first-order valence-corrected chi connectivity index (χ1v) is 6.89. The van der Waals surface area contributed by atoms with E-state index < -0.39 is 0 Å². The summed E-state index contributed by atoms with van der Waals surface area (Å²) in [5.41, 5.74) is 2.88. The minimum Gasteiger partial charge on any atom is -0.370 e. The van der Waals surface area contributed by atoms with Crippen LogP contribution >= 0.6 is 0 Å². The van der Waals surface area contributed by atoms with Gasteiger partial charge in [0, 0.05) is 23.2 Å². The average Bonchev–Trinajstić information content (AvgIpc) is 2.45. The zero-order valence-electron chi connectivity index (χ0n) is 12.1. The zero-order chi connectivity index (χ0) is 15.0. The van der Waals surface area contributed by atoms with Crippen LogP contribution in [0, 0.1) is 11.3 Å². The summed E-state index contributed by atoms with van der Waals surface area (Å²) in [5.74, 6) is 0. The molecule has 1 aromatic heterocycles. The molecule has 0 fully saturated rings. The number of H-pyrrole nitrogens is 1. The molecule has 106 valence electrons. The van der Waals surface area contributed by atoms with Gasteiger partial charge in [0.1, 0.15) is 11.6 Å². The summed E-state index contributed by atoms with van der Waals surface area (Å²) in [6.07, 6.45) is 0.628. The summed E-state index contributed by atoms with van der Waals surface area (Å²) < 4.78 is 5.86. The maximum absolute atomic E-state index is 12.2. The number of benzene rings is 1. The molecule has 0 saturated heterocycles. The highest BCUT2D eigenvalue weighted by molar-refractivity contribution is 5.74. The fourth-order valence-corrected chi connectivity index (χ4v) is 2.77. The first-order valence-electron chi connectivity index (χ1n) is 6.89. The van der Waals surface area contributed by atoms with Crippen LogP contribution in [0.2, 0.25) is 0 Å². The predicted octanol–water partition coefficient (Wildman–Crippen LogP) is 2.76. The quantitative estimate of drug-likeness (QED) is 0.873. The van der Waals surface area contributed by atoms with E-state index in [1.54, 1.807) is 0 Å². The summed E-state index contributed by atoms with van der Waals surface area (Å²) in [6.45, 7) is 4.39. The molecule has 4 nitrogen and oxygen atoms in total. The van der Waals surface area contributed by atoms with Gasteiger partial charge in [-0.1, -0.05) is 30.3 Å². The zero-order valence-corrected chi connectivity index (χ0v) is 12.1. The van der Waals surface area contributed by atoms with Crippen LogP contribution in [-0.2, 0) is 17.8 Å². The first-order chi connectivity index (χ1) is 10.0. The van der Waals surface area contributed by atoms with Gasteiger partial charge in [-0.05, 0) is 19.4 Å². The number of pyridine rings is 1. The van der Waals surface area contributed by atoms with Crippen LogP contribution < -0.4 is 5.56 Å². The number of hydrogen-bond donors (Lipinski definition) is 1. The Labute approximate surface area is 123 Å². The Morgan fingerprint density at radius 2 is 2.00 bits per heavy atom. The number of nitrogens with one attached hydrogen (secondary N) is 1. The van der Waals surface area contributed by atoms with Gasteiger partial charge in [-0.25, -0.2) is 0 Å². The van der Waals surface area contributed by atoms with Crippen molar-refractivity contribution in [2.75, 3.05) is 0 Å². The molecule has 0 spiro atoms. The van der Waals surface area contributed by atoms with E-state index in [1.165, 1.54) is 0 Å². The van der Waals surface area contributed by atoms with E-state index in [-0.39, 0.29) is 16.7 Å². The monoisotopic (exact) mass is 280 g/mol. The van der Waals surface area contributed by atoms with Crippen LogP contribution in [0.4, 0.5) is 0 Å². The summed E-state index contributed by atoms with van der Waals surface area (Å²) in [6, 6.07) is 11.6. The van der Waals surface area contributed by atoms with E-state index in [4.69, 9.17) is 4.74 Å². The summed E-state index contributed by atoms with van der Waals surface area (Å²) in [7, 11) is 0. The predicted molar refractivity (Wildman–Crippen MR) is 79.8 cm³/mol. The minimum absolute atomic E-state index is 0.156. The normalized spacial score (nSPS) is 16.0. The second-order valence-corrected chi connectivity index (χ2v) is 5.86. The third kappa shape index (κ3) is 2.37. The van der Waals surface area contributed by atoms with Crippen molar-refractivity contribution >= 4 is 0 Å². The van der Waals surface area contributed by atoms with Crippen molar-refractivity contribution in [2.45, 2.75) is 32.5 Å². The van der Waals surface area contributed by atoms with Gasteiger partial charge >= 0.3 is 0 Å². The number of hydrogen-bond acceptors (Lipinski definition) is 3. The van der Waals surface area contributed by atoms with E-state index >= 15 is 0 Å². The van der Waals surface area contributed by atoms with Gasteiger partial charge in [0.25, 0.3) is 5.56 Å². The smallest absolute Gasteiger partial charge is 0.266 e. The molecule has 0 radical (unpaired) electrons. The van der Waals surface area contributed by atoms with Crippen molar-refractivity contribution in [1.82, 2.24) is 4.98 Å². The molecule has 4 heteroatoms. The Balaban J connectivity index is 2.31. The second-order valence-electron chi connectivity index (χ2n) is 5.86. The Bertz CT molecular complexity index is 783. The van der Waals surface area contributed by atoms with Crippen molar-refractivity contribution in [3.8, 4) is 17.2 Å². The lowest BCUT2D eigenvalue weighted by Gasteiger charge is -2.32. The number of nitrogens with zero attached hydrogens (tertiary/aromatic N) is 1. The highest BCUT2D eigenvalue weighted by Gasteiger charge is 2.30. The maximum Gasteiger partial charge on any atom is 0.266 e. The molecule has 1 aliphatic heterocycles. The van der Waals surface area contributed by atoms with E-state index in [2.05, 4.69) is 4.98 Å². The van der Waals surface area contributed by atoms with Crippen molar-refractivity contribution in [3.05, 3.63) is 57.5 Å². The van der Waals surface area contributed by atoms with E-state index in [9.17, 15) is 10.1 Å². The van der Waals surface area contributed by atoms with Crippen LogP contribution in [0.5, 0.6) is 0 Å². The van der Waals surface area contributed by atoms with Crippen molar-refractivity contribution in [2.24, 2.45) is 0 Å². The molecule has 1 aliphatic rings. The number of ether oxygens (including phenoxy) is 1. The van der Waals surface area contributed by atoms with E-state index in [0.29, 0.717) is 18.6 Å². The van der Waals surface area contributed by atoms with Crippen LogP contribution in [-0.4, -0.2) is 10.6 Å². The number of aromatic nitrogens is 1. The summed E-state index contributed by atoms with van der Waals surface area (Å²) in [4.78, 5) is 15.1. The van der Waals surface area contributed by atoms with Crippen LogP contribution in [0.15, 0.2) is 35.1 Å². The SMILES string of the molecule is CC1(C)Cc2[nH]c(=O)c(C#N)c(-c3ccccc3)c2CO1. The molecule has 0 saturated carbocycles. The fraction of sp³-hybridized carbons (Fsp3) is 0.294. The first kappa shape index (κ1) is 13.6. The molecule has 0 bridgehead atoms. The van der Waals surface area contributed by atoms with Crippen LogP contribution in [0.25, 0.3) is 11.1 Å². The highest BCUT2D eigenvalue weighted by Crippen LogP contribution is 2.34.